The lowest BCUT2D eigenvalue weighted by Gasteiger charge is -2.12. The van der Waals surface area contributed by atoms with E-state index in [0.717, 1.165) is 6.42 Å². The molecule has 0 unspecified atom stereocenters. The fraction of sp³-hybridized carbons (Fsp3) is 0.364. The van der Waals surface area contributed by atoms with Gasteiger partial charge in [0, 0.05) is 16.6 Å². The number of nitrogens with one attached hydrogen (secondary N) is 1. The van der Waals surface area contributed by atoms with Gasteiger partial charge in [0.25, 0.3) is 5.69 Å². The van der Waals surface area contributed by atoms with Gasteiger partial charge in [-0.3, -0.25) is 14.9 Å². The van der Waals surface area contributed by atoms with Crippen LogP contribution in [0.2, 0.25) is 0 Å². The van der Waals surface area contributed by atoms with E-state index in [4.69, 9.17) is 5.73 Å². The van der Waals surface area contributed by atoms with Gasteiger partial charge in [-0.2, -0.15) is 0 Å². The van der Waals surface area contributed by atoms with Crippen molar-refractivity contribution in [3.05, 3.63) is 32.8 Å². The van der Waals surface area contributed by atoms with E-state index in [1.54, 1.807) is 0 Å². The first kappa shape index (κ1) is 14.6. The summed E-state index contributed by atoms with van der Waals surface area (Å²) < 4.78 is 0.453. The van der Waals surface area contributed by atoms with Gasteiger partial charge in [0.2, 0.25) is 5.91 Å². The fourth-order valence-electron chi connectivity index (χ4n) is 1.39. The Hall–Kier alpha value is -1.47. The highest BCUT2D eigenvalue weighted by Gasteiger charge is 2.15. The molecule has 0 aromatic heterocycles. The van der Waals surface area contributed by atoms with Gasteiger partial charge in [0.05, 0.1) is 16.7 Å². The van der Waals surface area contributed by atoms with Crippen molar-refractivity contribution in [2.24, 2.45) is 5.73 Å². The van der Waals surface area contributed by atoms with Gasteiger partial charge in [-0.15, -0.1) is 0 Å². The molecule has 1 amide bonds. The number of anilines is 1. The number of nitrogens with two attached hydrogens (primary N) is 1. The van der Waals surface area contributed by atoms with Crippen molar-refractivity contribution < 1.29 is 9.72 Å². The number of nitro groups is 1. The summed E-state index contributed by atoms with van der Waals surface area (Å²) in [5.74, 6) is -0.300. The Morgan fingerprint density at radius 1 is 1.61 bits per heavy atom. The number of carbonyl (C=O) groups excluding carboxylic acids is 1. The van der Waals surface area contributed by atoms with Crippen LogP contribution in [-0.2, 0) is 4.79 Å². The Kier molecular flexibility index (Phi) is 5.24. The summed E-state index contributed by atoms with van der Waals surface area (Å²) in [4.78, 5) is 21.7. The third-order valence-electron chi connectivity index (χ3n) is 2.36. The molecule has 1 aromatic carbocycles. The average molecular weight is 316 g/mol. The molecule has 6 nitrogen and oxygen atoms in total. The van der Waals surface area contributed by atoms with Crippen LogP contribution < -0.4 is 11.1 Å². The third kappa shape index (κ3) is 3.78. The molecule has 1 rings (SSSR count). The fourth-order valence-corrected chi connectivity index (χ4v) is 1.85. The standard InChI is InChI=1S/C11H14BrN3O3/c1-2-3-9(13)11(16)14-10-5-4-7(15(17)18)6-8(10)12/h4-6,9H,2-3,13H2,1H3,(H,14,16)/t9-/m1/s1. The molecule has 3 N–H and O–H groups in total. The lowest BCUT2D eigenvalue weighted by atomic mass is 10.1. The molecule has 7 heteroatoms. The van der Waals surface area contributed by atoms with E-state index in [9.17, 15) is 14.9 Å². The minimum atomic E-state index is -0.572. The molecule has 0 bridgehead atoms. The highest BCUT2D eigenvalue weighted by Crippen LogP contribution is 2.27. The minimum Gasteiger partial charge on any atom is -0.324 e. The van der Waals surface area contributed by atoms with E-state index >= 15 is 0 Å². The van der Waals surface area contributed by atoms with Crippen LogP contribution in [0.4, 0.5) is 11.4 Å². The Balaban J connectivity index is 2.79. The molecule has 0 spiro atoms. The van der Waals surface area contributed by atoms with Crippen molar-refractivity contribution in [1.82, 2.24) is 0 Å². The molecule has 0 saturated carbocycles. The van der Waals surface area contributed by atoms with E-state index in [2.05, 4.69) is 21.2 Å². The maximum atomic E-state index is 11.7. The highest BCUT2D eigenvalue weighted by atomic mass is 79.9. The first-order valence-corrected chi connectivity index (χ1v) is 6.25. The average Bonchev–Trinajstić information content (AvgIpc) is 2.31. The van der Waals surface area contributed by atoms with Crippen molar-refractivity contribution in [3.63, 3.8) is 0 Å². The molecule has 0 saturated heterocycles. The van der Waals surface area contributed by atoms with Gasteiger partial charge < -0.3 is 11.1 Å². The molecule has 1 aromatic rings. The first-order chi connectivity index (χ1) is 8.45. The Morgan fingerprint density at radius 2 is 2.28 bits per heavy atom. The topological polar surface area (TPSA) is 98.3 Å². The van der Waals surface area contributed by atoms with Crippen LogP contribution in [0.3, 0.4) is 0 Å². The summed E-state index contributed by atoms with van der Waals surface area (Å²) in [5, 5.41) is 13.2. The van der Waals surface area contributed by atoms with Crippen molar-refractivity contribution >= 4 is 33.2 Å². The molecule has 0 fully saturated rings. The number of amides is 1. The first-order valence-electron chi connectivity index (χ1n) is 5.46. The summed E-state index contributed by atoms with van der Waals surface area (Å²) in [5.41, 5.74) is 6.09. The van der Waals surface area contributed by atoms with E-state index in [-0.39, 0.29) is 11.6 Å². The predicted molar refractivity (Wildman–Crippen MR) is 72.3 cm³/mol. The van der Waals surface area contributed by atoms with Gasteiger partial charge in [0.15, 0.2) is 0 Å². The van der Waals surface area contributed by atoms with Crippen LogP contribution in [0.1, 0.15) is 19.8 Å². The van der Waals surface area contributed by atoms with Crippen LogP contribution in [-0.4, -0.2) is 16.9 Å². The summed E-state index contributed by atoms with van der Waals surface area (Å²) in [6.45, 7) is 1.94. The summed E-state index contributed by atoms with van der Waals surface area (Å²) in [7, 11) is 0. The number of carbonyl (C=O) groups is 1. The van der Waals surface area contributed by atoms with E-state index in [1.165, 1.54) is 18.2 Å². The molecule has 0 radical (unpaired) electrons. The van der Waals surface area contributed by atoms with Crippen LogP contribution in [0.15, 0.2) is 22.7 Å². The predicted octanol–water partition coefficient (Wildman–Crippen LogP) is 2.42. The SMILES string of the molecule is CCC[C@@H](N)C(=O)Nc1ccc([N+](=O)[O-])cc1Br. The molecule has 0 aliphatic rings. The zero-order valence-corrected chi connectivity index (χ0v) is 11.4. The van der Waals surface area contributed by atoms with Crippen molar-refractivity contribution in [3.8, 4) is 0 Å². The molecule has 1 atom stereocenters. The molecule has 18 heavy (non-hydrogen) atoms. The Morgan fingerprint density at radius 3 is 2.78 bits per heavy atom. The zero-order chi connectivity index (χ0) is 13.7. The number of rotatable bonds is 5. The summed E-state index contributed by atoms with van der Waals surface area (Å²) >= 11 is 3.17. The third-order valence-corrected chi connectivity index (χ3v) is 3.01. The molecule has 0 heterocycles. The quantitative estimate of drug-likeness (QED) is 0.644. The normalized spacial score (nSPS) is 11.9. The Bertz CT molecular complexity index is 465. The second-order valence-electron chi connectivity index (χ2n) is 3.81. The molecule has 0 aliphatic carbocycles. The zero-order valence-electron chi connectivity index (χ0n) is 9.85. The van der Waals surface area contributed by atoms with E-state index in [0.29, 0.717) is 16.6 Å². The number of halogens is 1. The molecular weight excluding hydrogens is 302 g/mol. The molecular formula is C11H14BrN3O3. The largest absolute Gasteiger partial charge is 0.324 e. The van der Waals surface area contributed by atoms with Crippen molar-refractivity contribution in [1.29, 1.82) is 0 Å². The van der Waals surface area contributed by atoms with Crippen molar-refractivity contribution in [2.75, 3.05) is 5.32 Å². The molecule has 98 valence electrons. The van der Waals surface area contributed by atoms with Gasteiger partial charge >= 0.3 is 0 Å². The number of hydrogen-bond donors (Lipinski definition) is 2. The smallest absolute Gasteiger partial charge is 0.270 e. The monoisotopic (exact) mass is 315 g/mol. The Labute approximate surface area is 113 Å². The minimum absolute atomic E-state index is 0.0438. The lowest BCUT2D eigenvalue weighted by Crippen LogP contribution is -2.35. The number of non-ortho nitro benzene ring substituents is 1. The van der Waals surface area contributed by atoms with Crippen molar-refractivity contribution in [2.45, 2.75) is 25.8 Å². The second kappa shape index (κ2) is 6.46. The van der Waals surface area contributed by atoms with Crippen LogP contribution in [0.5, 0.6) is 0 Å². The van der Waals surface area contributed by atoms with Crippen LogP contribution in [0.25, 0.3) is 0 Å². The van der Waals surface area contributed by atoms with E-state index in [1.807, 2.05) is 6.92 Å². The van der Waals surface area contributed by atoms with Crippen LogP contribution in [0, 0.1) is 10.1 Å². The molecule has 0 aliphatic heterocycles. The second-order valence-corrected chi connectivity index (χ2v) is 4.66. The van der Waals surface area contributed by atoms with Gasteiger partial charge in [0.1, 0.15) is 0 Å². The number of nitrogens with zero attached hydrogens (tertiary/aromatic N) is 1. The summed E-state index contributed by atoms with van der Waals surface area (Å²) in [6.07, 6.45) is 1.41. The highest BCUT2D eigenvalue weighted by molar-refractivity contribution is 9.10. The van der Waals surface area contributed by atoms with Crippen LogP contribution >= 0.6 is 15.9 Å². The maximum Gasteiger partial charge on any atom is 0.270 e. The summed E-state index contributed by atoms with van der Waals surface area (Å²) in [6, 6.07) is 3.56. The lowest BCUT2D eigenvalue weighted by molar-refractivity contribution is -0.384. The van der Waals surface area contributed by atoms with E-state index < -0.39 is 11.0 Å². The van der Waals surface area contributed by atoms with Gasteiger partial charge in [-0.1, -0.05) is 13.3 Å². The maximum absolute atomic E-state index is 11.7. The number of nitro benzene ring substituents is 1. The number of hydrogen-bond acceptors (Lipinski definition) is 4. The number of benzene rings is 1. The van der Waals surface area contributed by atoms with Gasteiger partial charge in [-0.05, 0) is 28.4 Å². The van der Waals surface area contributed by atoms with Gasteiger partial charge in [-0.25, -0.2) is 0 Å².